The molecule has 2 aromatic carbocycles. The van der Waals surface area contributed by atoms with Crippen molar-refractivity contribution in [2.24, 2.45) is 13.0 Å². The highest BCUT2D eigenvalue weighted by atomic mass is 16.5. The van der Waals surface area contributed by atoms with Gasteiger partial charge in [-0.1, -0.05) is 35.5 Å². The second kappa shape index (κ2) is 8.87. The van der Waals surface area contributed by atoms with Crippen LogP contribution in [0, 0.1) is 12.8 Å². The van der Waals surface area contributed by atoms with Gasteiger partial charge in [-0.15, -0.1) is 5.10 Å². The third kappa shape index (κ3) is 3.65. The van der Waals surface area contributed by atoms with Gasteiger partial charge in [0.2, 0.25) is 0 Å². The number of pyridine rings is 1. The molecular weight excluding hydrogens is 454 g/mol. The molecule has 6 rings (SSSR count). The average Bonchev–Trinajstić information content (AvgIpc) is 3.41. The molecule has 0 spiro atoms. The Kier molecular flexibility index (Phi) is 5.53. The number of hydrogen-bond donors (Lipinski definition) is 1. The predicted octanol–water partition coefficient (Wildman–Crippen LogP) is 5.01. The number of aromatic nitrogens is 5. The Morgan fingerprint density at radius 2 is 1.86 bits per heavy atom. The molecule has 36 heavy (non-hydrogen) atoms. The van der Waals surface area contributed by atoms with E-state index in [0.717, 1.165) is 64.9 Å². The molecule has 1 unspecified atom stereocenters. The van der Waals surface area contributed by atoms with Gasteiger partial charge in [0.25, 0.3) is 0 Å². The molecule has 0 bridgehead atoms. The molecule has 3 aromatic heterocycles. The van der Waals surface area contributed by atoms with Gasteiger partial charge in [0, 0.05) is 37.4 Å². The summed E-state index contributed by atoms with van der Waals surface area (Å²) < 4.78 is 9.78. The van der Waals surface area contributed by atoms with Gasteiger partial charge in [0.05, 0.1) is 39.5 Å². The maximum atomic E-state index is 11.9. The van der Waals surface area contributed by atoms with Gasteiger partial charge in [0.1, 0.15) is 0 Å². The molecule has 1 saturated heterocycles. The van der Waals surface area contributed by atoms with Gasteiger partial charge in [-0.3, -0.25) is 4.98 Å². The summed E-state index contributed by atoms with van der Waals surface area (Å²) in [5, 5.41) is 19.1. The van der Waals surface area contributed by atoms with Crippen molar-refractivity contribution in [2.75, 3.05) is 13.2 Å². The minimum atomic E-state index is -0.943. The molecule has 1 N–H and O–H groups in total. The number of carbonyl (C=O) groups is 1. The number of rotatable bonds is 5. The van der Waals surface area contributed by atoms with Crippen LogP contribution in [0.2, 0.25) is 0 Å². The Labute approximate surface area is 208 Å². The van der Waals surface area contributed by atoms with E-state index in [1.165, 1.54) is 5.56 Å². The fourth-order valence-corrected chi connectivity index (χ4v) is 5.64. The van der Waals surface area contributed by atoms with Crippen molar-refractivity contribution in [3.05, 3.63) is 77.6 Å². The van der Waals surface area contributed by atoms with Crippen molar-refractivity contribution >= 4 is 27.9 Å². The van der Waals surface area contributed by atoms with E-state index in [4.69, 9.17) is 9.72 Å². The number of carboxylic acids is 1. The molecule has 182 valence electrons. The lowest BCUT2D eigenvalue weighted by molar-refractivity contribution is 0.0553. The maximum absolute atomic E-state index is 11.9. The molecule has 4 heterocycles. The van der Waals surface area contributed by atoms with E-state index >= 15 is 0 Å². The molecule has 8 nitrogen and oxygen atoms in total. The van der Waals surface area contributed by atoms with Crippen molar-refractivity contribution in [1.82, 2.24) is 24.5 Å². The van der Waals surface area contributed by atoms with Gasteiger partial charge >= 0.3 is 5.97 Å². The molecule has 0 radical (unpaired) electrons. The van der Waals surface area contributed by atoms with Crippen LogP contribution in [0.4, 0.5) is 0 Å². The number of carboxylic acid groups (broad SMARTS) is 1. The monoisotopic (exact) mass is 481 g/mol. The number of ether oxygens (including phenoxy) is 1. The Morgan fingerprint density at radius 1 is 1.08 bits per heavy atom. The summed E-state index contributed by atoms with van der Waals surface area (Å²) in [4.78, 5) is 16.8. The van der Waals surface area contributed by atoms with Crippen molar-refractivity contribution in [3.63, 3.8) is 0 Å². The third-order valence-corrected chi connectivity index (χ3v) is 7.29. The lowest BCUT2D eigenvalue weighted by atomic mass is 9.86. The number of fused-ring (bicyclic) bond motifs is 3. The highest BCUT2D eigenvalue weighted by molar-refractivity contribution is 6.08. The average molecular weight is 482 g/mol. The van der Waals surface area contributed by atoms with Crippen LogP contribution in [0.3, 0.4) is 0 Å². The molecule has 1 fully saturated rings. The van der Waals surface area contributed by atoms with Crippen LogP contribution >= 0.6 is 0 Å². The smallest absolute Gasteiger partial charge is 0.335 e. The molecule has 1 aliphatic rings. The van der Waals surface area contributed by atoms with Crippen LogP contribution < -0.4 is 0 Å². The van der Waals surface area contributed by atoms with E-state index in [-0.39, 0.29) is 11.6 Å². The summed E-state index contributed by atoms with van der Waals surface area (Å²) in [6, 6.07) is 17.9. The van der Waals surface area contributed by atoms with Gasteiger partial charge in [-0.05, 0) is 55.5 Å². The molecule has 5 aromatic rings. The summed E-state index contributed by atoms with van der Waals surface area (Å²) >= 11 is 0. The van der Waals surface area contributed by atoms with Crippen molar-refractivity contribution in [2.45, 2.75) is 25.8 Å². The lowest BCUT2D eigenvalue weighted by Crippen LogP contribution is -2.27. The molecule has 0 aliphatic carbocycles. The van der Waals surface area contributed by atoms with Crippen LogP contribution in [0.25, 0.3) is 33.2 Å². The topological polar surface area (TPSA) is 95.1 Å². The maximum Gasteiger partial charge on any atom is 0.335 e. The zero-order valence-corrected chi connectivity index (χ0v) is 20.3. The number of hydrogen-bond acceptors (Lipinski definition) is 5. The molecule has 1 aliphatic heterocycles. The minimum Gasteiger partial charge on any atom is -0.478 e. The van der Waals surface area contributed by atoms with Crippen LogP contribution in [-0.2, 0) is 11.8 Å². The Bertz CT molecular complexity index is 1560. The first kappa shape index (κ1) is 22.4. The number of aromatic carboxylic acids is 1. The molecule has 8 heteroatoms. The van der Waals surface area contributed by atoms with Crippen molar-refractivity contribution < 1.29 is 14.6 Å². The van der Waals surface area contributed by atoms with E-state index in [1.54, 1.807) is 16.8 Å². The van der Waals surface area contributed by atoms with Gasteiger partial charge in [-0.25, -0.2) is 9.48 Å². The second-order valence-electron chi connectivity index (χ2n) is 9.45. The Morgan fingerprint density at radius 3 is 2.56 bits per heavy atom. The molecule has 0 saturated carbocycles. The standard InChI is InChI=1S/C28H27N5O3/c1-17-26(32(2)31-30-17)21-15-24-25(29-16-21)22-9-8-20(28(34)35)14-23(22)33(24)27(18-6-4-3-5-7-18)19-10-12-36-13-11-19/h3-9,14-16,19,27H,10-13H2,1-2H3,(H,34,35). The summed E-state index contributed by atoms with van der Waals surface area (Å²) in [6.45, 7) is 3.37. The van der Waals surface area contributed by atoms with Crippen LogP contribution in [-0.4, -0.2) is 48.8 Å². The molecule has 0 amide bonds. The first-order valence-electron chi connectivity index (χ1n) is 12.2. The SMILES string of the molecule is Cc1nnn(C)c1-c1cnc2c3ccc(C(=O)O)cc3n(C(c3ccccc3)C3CCOCC3)c2c1. The van der Waals surface area contributed by atoms with Gasteiger partial charge in [0.15, 0.2) is 0 Å². The summed E-state index contributed by atoms with van der Waals surface area (Å²) in [5.41, 5.74) is 6.80. The number of benzene rings is 2. The van der Waals surface area contributed by atoms with E-state index < -0.39 is 5.97 Å². The first-order valence-corrected chi connectivity index (χ1v) is 12.2. The number of aryl methyl sites for hydroxylation is 2. The van der Waals surface area contributed by atoms with Crippen LogP contribution in [0.5, 0.6) is 0 Å². The highest BCUT2D eigenvalue weighted by Crippen LogP contribution is 2.41. The van der Waals surface area contributed by atoms with Gasteiger partial charge < -0.3 is 14.4 Å². The van der Waals surface area contributed by atoms with E-state index in [0.29, 0.717) is 5.92 Å². The van der Waals surface area contributed by atoms with E-state index in [9.17, 15) is 9.90 Å². The lowest BCUT2D eigenvalue weighted by Gasteiger charge is -2.33. The molecular formula is C28H27N5O3. The fourth-order valence-electron chi connectivity index (χ4n) is 5.64. The minimum absolute atomic E-state index is 0.00181. The first-order chi connectivity index (χ1) is 17.5. The van der Waals surface area contributed by atoms with Crippen LogP contribution in [0.1, 0.15) is 40.5 Å². The quantitative estimate of drug-likeness (QED) is 0.379. The van der Waals surface area contributed by atoms with E-state index in [1.807, 2.05) is 32.3 Å². The highest BCUT2D eigenvalue weighted by Gasteiger charge is 2.30. The Hall–Kier alpha value is -4.04. The predicted molar refractivity (Wildman–Crippen MR) is 137 cm³/mol. The summed E-state index contributed by atoms with van der Waals surface area (Å²) in [7, 11) is 1.88. The van der Waals surface area contributed by atoms with Crippen molar-refractivity contribution in [1.29, 1.82) is 0 Å². The normalized spacial score (nSPS) is 15.5. The zero-order valence-electron chi connectivity index (χ0n) is 20.3. The Balaban J connectivity index is 1.69. The number of nitrogens with zero attached hydrogens (tertiary/aromatic N) is 5. The zero-order chi connectivity index (χ0) is 24.8. The summed E-state index contributed by atoms with van der Waals surface area (Å²) in [5.74, 6) is -0.613. The second-order valence-corrected chi connectivity index (χ2v) is 9.45. The largest absolute Gasteiger partial charge is 0.478 e. The van der Waals surface area contributed by atoms with Gasteiger partial charge in [-0.2, -0.15) is 0 Å². The summed E-state index contributed by atoms with van der Waals surface area (Å²) in [6.07, 6.45) is 3.71. The van der Waals surface area contributed by atoms with Crippen molar-refractivity contribution in [3.8, 4) is 11.3 Å². The molecule has 1 atom stereocenters. The van der Waals surface area contributed by atoms with E-state index in [2.05, 4.69) is 45.2 Å². The third-order valence-electron chi connectivity index (χ3n) is 7.29. The fraction of sp³-hybridized carbons (Fsp3) is 0.286. The van der Waals surface area contributed by atoms with Crippen LogP contribution in [0.15, 0.2) is 60.8 Å².